The average molecular weight is 339 g/mol. The van der Waals surface area contributed by atoms with Crippen LogP contribution in [0.5, 0.6) is 0 Å². The van der Waals surface area contributed by atoms with Gasteiger partial charge in [-0.2, -0.15) is 0 Å². The first-order chi connectivity index (χ1) is 11.1. The van der Waals surface area contributed by atoms with E-state index in [4.69, 9.17) is 11.6 Å². The summed E-state index contributed by atoms with van der Waals surface area (Å²) in [4.78, 5) is 26.5. The van der Waals surface area contributed by atoms with Gasteiger partial charge in [-0.25, -0.2) is 0 Å². The monoisotopic (exact) mass is 338 g/mol. The Bertz CT molecular complexity index is 464. The number of nitrogens with zero attached hydrogens (tertiary/aromatic N) is 1. The number of alkyl halides is 1. The third-order valence-corrected chi connectivity index (χ3v) is 7.05. The molecule has 0 spiro atoms. The summed E-state index contributed by atoms with van der Waals surface area (Å²) in [5, 5.41) is 3.34. The maximum Gasteiger partial charge on any atom is 0.237 e. The van der Waals surface area contributed by atoms with Gasteiger partial charge in [-0.05, 0) is 69.1 Å². The number of hydrogen-bond acceptors (Lipinski definition) is 2. The zero-order chi connectivity index (χ0) is 16.0. The van der Waals surface area contributed by atoms with Crippen LogP contribution in [-0.4, -0.2) is 41.7 Å². The van der Waals surface area contributed by atoms with Gasteiger partial charge in [0.2, 0.25) is 11.8 Å². The van der Waals surface area contributed by atoms with Crippen molar-refractivity contribution in [1.82, 2.24) is 10.2 Å². The molecule has 0 atom stereocenters. The maximum absolute atomic E-state index is 13.0. The van der Waals surface area contributed by atoms with E-state index in [1.165, 1.54) is 19.3 Å². The van der Waals surface area contributed by atoms with Crippen LogP contribution in [0.15, 0.2) is 0 Å². The second kappa shape index (κ2) is 5.94. The molecular formula is C18H27ClN2O2. The Morgan fingerprint density at radius 1 is 1.00 bits per heavy atom. The van der Waals surface area contributed by atoms with Crippen LogP contribution < -0.4 is 5.32 Å². The summed E-state index contributed by atoms with van der Waals surface area (Å²) in [5.74, 6) is 2.79. The predicted molar refractivity (Wildman–Crippen MR) is 89.1 cm³/mol. The number of likely N-dealkylation sites (tertiary alicyclic amines) is 1. The molecule has 0 aromatic carbocycles. The van der Waals surface area contributed by atoms with E-state index in [1.807, 2.05) is 4.90 Å². The summed E-state index contributed by atoms with van der Waals surface area (Å²) < 4.78 is 0. The second-order valence-electron chi connectivity index (χ2n) is 8.46. The van der Waals surface area contributed by atoms with Gasteiger partial charge in [-0.1, -0.05) is 0 Å². The number of hydrogen-bond donors (Lipinski definition) is 1. The van der Waals surface area contributed by atoms with Crippen molar-refractivity contribution in [2.24, 2.45) is 23.2 Å². The van der Waals surface area contributed by atoms with Crippen molar-refractivity contribution in [1.29, 1.82) is 0 Å². The number of nitrogens with one attached hydrogen (secondary N) is 1. The molecule has 4 bridgehead atoms. The fourth-order valence-electron chi connectivity index (χ4n) is 6.08. The summed E-state index contributed by atoms with van der Waals surface area (Å²) in [6, 6.07) is 0.231. The minimum atomic E-state index is -0.0577. The number of carbonyl (C=O) groups excluding carboxylic acids is 2. The van der Waals surface area contributed by atoms with Crippen molar-refractivity contribution >= 4 is 23.4 Å². The molecule has 5 aliphatic rings. The Hall–Kier alpha value is -0.770. The van der Waals surface area contributed by atoms with Crippen molar-refractivity contribution in [3.05, 3.63) is 0 Å². The maximum atomic E-state index is 13.0. The molecule has 4 aliphatic carbocycles. The average Bonchev–Trinajstić information content (AvgIpc) is 2.53. The van der Waals surface area contributed by atoms with E-state index in [9.17, 15) is 9.59 Å². The van der Waals surface area contributed by atoms with E-state index in [-0.39, 0.29) is 23.2 Å². The topological polar surface area (TPSA) is 49.4 Å². The van der Waals surface area contributed by atoms with Gasteiger partial charge in [0.15, 0.2) is 0 Å². The molecule has 5 heteroatoms. The molecule has 5 rings (SSSR count). The molecule has 2 amide bonds. The van der Waals surface area contributed by atoms with Crippen LogP contribution in [0.4, 0.5) is 0 Å². The van der Waals surface area contributed by atoms with Gasteiger partial charge < -0.3 is 10.2 Å². The van der Waals surface area contributed by atoms with Crippen LogP contribution in [0.2, 0.25) is 0 Å². The highest BCUT2D eigenvalue weighted by atomic mass is 35.5. The van der Waals surface area contributed by atoms with Crippen LogP contribution in [0.1, 0.15) is 51.4 Å². The van der Waals surface area contributed by atoms with Crippen molar-refractivity contribution in [3.63, 3.8) is 0 Å². The van der Waals surface area contributed by atoms with Gasteiger partial charge >= 0.3 is 0 Å². The van der Waals surface area contributed by atoms with Crippen LogP contribution >= 0.6 is 11.6 Å². The van der Waals surface area contributed by atoms with Gasteiger partial charge in [0.25, 0.3) is 0 Å². The predicted octanol–water partition coefficient (Wildman–Crippen LogP) is 2.55. The number of carbonyl (C=O) groups is 2. The summed E-state index contributed by atoms with van der Waals surface area (Å²) in [6.45, 7) is 1.44. The highest BCUT2D eigenvalue weighted by Crippen LogP contribution is 2.60. The van der Waals surface area contributed by atoms with Crippen LogP contribution in [-0.2, 0) is 9.59 Å². The van der Waals surface area contributed by atoms with Crippen molar-refractivity contribution < 1.29 is 9.59 Å². The number of rotatable bonds is 3. The molecule has 1 heterocycles. The summed E-state index contributed by atoms with van der Waals surface area (Å²) >= 11 is 5.62. The lowest BCUT2D eigenvalue weighted by Crippen LogP contribution is -2.56. The number of amides is 2. The summed E-state index contributed by atoms with van der Waals surface area (Å²) in [5.41, 5.74) is -0.0577. The van der Waals surface area contributed by atoms with E-state index in [2.05, 4.69) is 5.32 Å². The molecule has 4 saturated carbocycles. The lowest BCUT2D eigenvalue weighted by molar-refractivity contribution is -0.147. The first kappa shape index (κ1) is 15.7. The molecular weight excluding hydrogens is 312 g/mol. The van der Waals surface area contributed by atoms with Crippen LogP contribution in [0.25, 0.3) is 0 Å². The Morgan fingerprint density at radius 2 is 1.52 bits per heavy atom. The summed E-state index contributed by atoms with van der Waals surface area (Å²) in [6.07, 6.45) is 9.18. The molecule has 0 radical (unpaired) electrons. The van der Waals surface area contributed by atoms with Gasteiger partial charge in [0, 0.05) is 24.5 Å². The second-order valence-corrected chi connectivity index (χ2v) is 8.73. The van der Waals surface area contributed by atoms with Gasteiger partial charge in [0.05, 0.1) is 0 Å². The standard InChI is InChI=1S/C18H27ClN2O2/c19-11-16(22)21-3-1-15(2-4-21)20-17(23)18-8-12-5-13(9-18)7-14(6-12)10-18/h12-15H,1-11H2,(H,20,23). The minimum absolute atomic E-state index is 0.0116. The third-order valence-electron chi connectivity index (χ3n) is 6.82. The first-order valence-corrected chi connectivity index (χ1v) is 9.76. The van der Waals surface area contributed by atoms with Crippen LogP contribution in [0, 0.1) is 23.2 Å². The number of halogens is 1. The van der Waals surface area contributed by atoms with E-state index >= 15 is 0 Å². The quantitative estimate of drug-likeness (QED) is 0.804. The molecule has 23 heavy (non-hydrogen) atoms. The fourth-order valence-corrected chi connectivity index (χ4v) is 6.25. The smallest absolute Gasteiger partial charge is 0.237 e. The third kappa shape index (κ3) is 2.88. The Kier molecular flexibility index (Phi) is 4.07. The Morgan fingerprint density at radius 3 is 2.00 bits per heavy atom. The Labute approximate surface area is 143 Å². The molecule has 1 saturated heterocycles. The highest BCUT2D eigenvalue weighted by Gasteiger charge is 2.54. The molecule has 1 aliphatic heterocycles. The van der Waals surface area contributed by atoms with E-state index in [0.717, 1.165) is 62.9 Å². The molecule has 0 aromatic heterocycles. The molecule has 4 nitrogen and oxygen atoms in total. The summed E-state index contributed by atoms with van der Waals surface area (Å²) in [7, 11) is 0. The van der Waals surface area contributed by atoms with Crippen molar-refractivity contribution in [2.45, 2.75) is 57.4 Å². The zero-order valence-electron chi connectivity index (χ0n) is 13.7. The largest absolute Gasteiger partial charge is 0.353 e. The van der Waals surface area contributed by atoms with Gasteiger partial charge in [-0.3, -0.25) is 9.59 Å². The van der Waals surface area contributed by atoms with E-state index in [0.29, 0.717) is 5.91 Å². The zero-order valence-corrected chi connectivity index (χ0v) is 14.5. The normalized spacial score (nSPS) is 39.5. The number of piperidine rings is 1. The lowest BCUT2D eigenvalue weighted by atomic mass is 9.49. The lowest BCUT2D eigenvalue weighted by Gasteiger charge is -2.56. The fraction of sp³-hybridized carbons (Fsp3) is 0.889. The molecule has 128 valence electrons. The van der Waals surface area contributed by atoms with E-state index < -0.39 is 0 Å². The highest BCUT2D eigenvalue weighted by molar-refractivity contribution is 6.27. The molecule has 1 N–H and O–H groups in total. The van der Waals surface area contributed by atoms with Crippen LogP contribution in [0.3, 0.4) is 0 Å². The minimum Gasteiger partial charge on any atom is -0.353 e. The van der Waals surface area contributed by atoms with E-state index in [1.54, 1.807) is 0 Å². The van der Waals surface area contributed by atoms with Gasteiger partial charge in [0.1, 0.15) is 5.88 Å². The Balaban J connectivity index is 1.35. The van der Waals surface area contributed by atoms with Crippen molar-refractivity contribution in [2.75, 3.05) is 19.0 Å². The van der Waals surface area contributed by atoms with Crippen molar-refractivity contribution in [3.8, 4) is 0 Å². The first-order valence-electron chi connectivity index (χ1n) is 9.23. The molecule has 5 fully saturated rings. The molecule has 0 aromatic rings. The SMILES string of the molecule is O=C(CCl)N1CCC(NC(=O)C23CC4CC(CC(C4)C2)C3)CC1. The van der Waals surface area contributed by atoms with Gasteiger partial charge in [-0.15, -0.1) is 11.6 Å². The molecule has 0 unspecified atom stereocenters.